The fourth-order valence-corrected chi connectivity index (χ4v) is 2.26. The largest absolute Gasteiger partial charge is 0.482 e. The predicted octanol–water partition coefficient (Wildman–Crippen LogP) is 2.84. The number of rotatable bonds is 8. The average Bonchev–Trinajstić information content (AvgIpc) is 2.64. The van der Waals surface area contributed by atoms with Gasteiger partial charge in [0.1, 0.15) is 5.75 Å². The van der Waals surface area contributed by atoms with Crippen LogP contribution in [0.3, 0.4) is 0 Å². The summed E-state index contributed by atoms with van der Waals surface area (Å²) in [6, 6.07) is 17.3. The fraction of sp³-hybridized carbons (Fsp3) is 0.300. The van der Waals surface area contributed by atoms with Crippen LogP contribution in [-0.4, -0.2) is 31.6 Å². The lowest BCUT2D eigenvalue weighted by Gasteiger charge is -2.13. The van der Waals surface area contributed by atoms with Crippen molar-refractivity contribution in [1.29, 1.82) is 0 Å². The summed E-state index contributed by atoms with van der Waals surface area (Å²) in [6.45, 7) is 3.87. The molecule has 0 bridgehead atoms. The van der Waals surface area contributed by atoms with Gasteiger partial charge in [0.2, 0.25) is 0 Å². The number of para-hydroxylation sites is 1. The van der Waals surface area contributed by atoms with Crippen molar-refractivity contribution in [3.8, 4) is 5.75 Å². The summed E-state index contributed by atoms with van der Waals surface area (Å²) in [6.07, 6.45) is 0. The molecule has 2 aromatic carbocycles. The molecule has 0 fully saturated rings. The third kappa shape index (κ3) is 6.30. The van der Waals surface area contributed by atoms with Gasteiger partial charge in [-0.2, -0.15) is 0 Å². The van der Waals surface area contributed by atoms with Gasteiger partial charge in [-0.15, -0.1) is 0 Å². The van der Waals surface area contributed by atoms with E-state index in [0.717, 1.165) is 11.1 Å². The Hall–Kier alpha value is -2.82. The van der Waals surface area contributed by atoms with Crippen LogP contribution in [0.2, 0.25) is 0 Å². The normalized spacial score (nSPS) is 11.4. The second-order valence-electron chi connectivity index (χ2n) is 5.83. The van der Waals surface area contributed by atoms with Crippen LogP contribution in [0.15, 0.2) is 54.6 Å². The van der Waals surface area contributed by atoms with Crippen molar-refractivity contribution in [3.05, 3.63) is 65.7 Å². The van der Waals surface area contributed by atoms with Crippen molar-refractivity contribution >= 4 is 11.9 Å². The monoisotopic (exact) mass is 341 g/mol. The molecule has 2 rings (SSSR count). The van der Waals surface area contributed by atoms with Gasteiger partial charge in [0, 0.05) is 6.54 Å². The van der Waals surface area contributed by atoms with Gasteiger partial charge >= 0.3 is 5.97 Å². The molecule has 1 atom stereocenters. The molecular formula is C20H23NO4. The summed E-state index contributed by atoms with van der Waals surface area (Å²) in [5.74, 6) is -0.0904. The molecule has 0 aliphatic rings. The van der Waals surface area contributed by atoms with Crippen LogP contribution >= 0.6 is 0 Å². The second kappa shape index (κ2) is 9.47. The van der Waals surface area contributed by atoms with Gasteiger partial charge in [0.05, 0.1) is 0 Å². The zero-order valence-corrected chi connectivity index (χ0v) is 14.5. The van der Waals surface area contributed by atoms with Gasteiger partial charge in [-0.05, 0) is 30.0 Å². The number of aryl methyl sites for hydroxylation is 1. The third-order valence-corrected chi connectivity index (χ3v) is 3.78. The van der Waals surface area contributed by atoms with E-state index in [1.54, 1.807) is 6.07 Å². The maximum absolute atomic E-state index is 11.8. The molecule has 0 aromatic heterocycles. The van der Waals surface area contributed by atoms with E-state index in [9.17, 15) is 9.59 Å². The summed E-state index contributed by atoms with van der Waals surface area (Å²) >= 11 is 0. The summed E-state index contributed by atoms with van der Waals surface area (Å²) in [7, 11) is 0. The lowest BCUT2D eigenvalue weighted by atomic mass is 10.0. The van der Waals surface area contributed by atoms with Crippen molar-refractivity contribution in [1.82, 2.24) is 5.32 Å². The topological polar surface area (TPSA) is 64.6 Å². The lowest BCUT2D eigenvalue weighted by molar-refractivity contribution is -0.150. The molecule has 1 N–H and O–H groups in total. The Labute approximate surface area is 148 Å². The number of amides is 1. The first-order valence-corrected chi connectivity index (χ1v) is 8.22. The SMILES string of the molecule is Cc1ccccc1OCC(=O)OCC(=O)NC[C@H](C)c1ccccc1. The van der Waals surface area contributed by atoms with E-state index in [2.05, 4.69) is 5.32 Å². The molecule has 0 aliphatic heterocycles. The highest BCUT2D eigenvalue weighted by molar-refractivity contribution is 5.80. The Kier molecular flexibility index (Phi) is 7.01. The first-order valence-electron chi connectivity index (χ1n) is 8.22. The Morgan fingerprint density at radius 2 is 1.68 bits per heavy atom. The minimum absolute atomic E-state index is 0.185. The highest BCUT2D eigenvalue weighted by Gasteiger charge is 2.11. The minimum Gasteiger partial charge on any atom is -0.482 e. The number of hydrogen-bond donors (Lipinski definition) is 1. The van der Waals surface area contributed by atoms with Crippen LogP contribution in [0.25, 0.3) is 0 Å². The molecule has 0 unspecified atom stereocenters. The molecule has 1 amide bonds. The van der Waals surface area contributed by atoms with Crippen molar-refractivity contribution in [2.45, 2.75) is 19.8 Å². The highest BCUT2D eigenvalue weighted by Crippen LogP contribution is 2.16. The Morgan fingerprint density at radius 3 is 2.40 bits per heavy atom. The number of carbonyl (C=O) groups is 2. The van der Waals surface area contributed by atoms with Gasteiger partial charge in [0.25, 0.3) is 5.91 Å². The maximum atomic E-state index is 11.8. The standard InChI is InChI=1S/C20H23NO4/c1-15-8-6-7-11-18(15)24-14-20(23)25-13-19(22)21-12-16(2)17-9-4-3-5-10-17/h3-11,16H,12-14H2,1-2H3,(H,21,22)/t16-/m0/s1. The number of ether oxygens (including phenoxy) is 2. The molecule has 0 saturated carbocycles. The van der Waals surface area contributed by atoms with Gasteiger partial charge in [-0.3, -0.25) is 4.79 Å². The van der Waals surface area contributed by atoms with Crippen LogP contribution in [0, 0.1) is 6.92 Å². The third-order valence-electron chi connectivity index (χ3n) is 3.78. The van der Waals surface area contributed by atoms with E-state index < -0.39 is 5.97 Å². The van der Waals surface area contributed by atoms with E-state index in [0.29, 0.717) is 12.3 Å². The van der Waals surface area contributed by atoms with Crippen LogP contribution in [-0.2, 0) is 14.3 Å². The molecule has 0 heterocycles. The zero-order chi connectivity index (χ0) is 18.1. The van der Waals surface area contributed by atoms with E-state index in [1.807, 2.05) is 62.4 Å². The van der Waals surface area contributed by atoms with Crippen molar-refractivity contribution in [2.24, 2.45) is 0 Å². The zero-order valence-electron chi connectivity index (χ0n) is 14.5. The average molecular weight is 341 g/mol. The van der Waals surface area contributed by atoms with Crippen LogP contribution in [0.4, 0.5) is 0 Å². The lowest BCUT2D eigenvalue weighted by Crippen LogP contribution is -2.32. The van der Waals surface area contributed by atoms with E-state index in [4.69, 9.17) is 9.47 Å². The maximum Gasteiger partial charge on any atom is 0.344 e. The van der Waals surface area contributed by atoms with Crippen molar-refractivity contribution < 1.29 is 19.1 Å². The van der Waals surface area contributed by atoms with Crippen molar-refractivity contribution in [3.63, 3.8) is 0 Å². The molecule has 0 radical (unpaired) electrons. The Morgan fingerprint density at radius 1 is 1.00 bits per heavy atom. The van der Waals surface area contributed by atoms with E-state index in [1.165, 1.54) is 0 Å². The molecule has 0 saturated heterocycles. The first-order chi connectivity index (χ1) is 12.1. The van der Waals surface area contributed by atoms with Crippen LogP contribution in [0.5, 0.6) is 5.75 Å². The molecular weight excluding hydrogens is 318 g/mol. The molecule has 5 nitrogen and oxygen atoms in total. The van der Waals surface area contributed by atoms with Gasteiger partial charge < -0.3 is 14.8 Å². The summed E-state index contributed by atoms with van der Waals surface area (Å²) < 4.78 is 10.3. The Balaban J connectivity index is 1.66. The molecule has 0 aliphatic carbocycles. The quantitative estimate of drug-likeness (QED) is 0.750. The van der Waals surface area contributed by atoms with Gasteiger partial charge in [-0.1, -0.05) is 55.5 Å². The van der Waals surface area contributed by atoms with Crippen LogP contribution < -0.4 is 10.1 Å². The van der Waals surface area contributed by atoms with E-state index >= 15 is 0 Å². The second-order valence-corrected chi connectivity index (χ2v) is 5.83. The number of nitrogens with one attached hydrogen (secondary N) is 1. The molecule has 132 valence electrons. The molecule has 5 heteroatoms. The number of benzene rings is 2. The summed E-state index contributed by atoms with van der Waals surface area (Å²) in [5.41, 5.74) is 2.08. The fourth-order valence-electron chi connectivity index (χ4n) is 2.26. The number of carbonyl (C=O) groups excluding carboxylic acids is 2. The number of esters is 1. The predicted molar refractivity (Wildman–Crippen MR) is 95.5 cm³/mol. The number of hydrogen-bond acceptors (Lipinski definition) is 4. The molecule has 25 heavy (non-hydrogen) atoms. The van der Waals surface area contributed by atoms with Crippen molar-refractivity contribution in [2.75, 3.05) is 19.8 Å². The molecule has 0 spiro atoms. The van der Waals surface area contributed by atoms with Gasteiger partial charge in [0.15, 0.2) is 13.2 Å². The van der Waals surface area contributed by atoms with Gasteiger partial charge in [-0.25, -0.2) is 4.79 Å². The highest BCUT2D eigenvalue weighted by atomic mass is 16.6. The van der Waals surface area contributed by atoms with E-state index in [-0.39, 0.29) is 25.0 Å². The molecule has 2 aromatic rings. The minimum atomic E-state index is -0.575. The Bertz CT molecular complexity index is 700. The summed E-state index contributed by atoms with van der Waals surface area (Å²) in [5, 5.41) is 2.76. The summed E-state index contributed by atoms with van der Waals surface area (Å²) in [4.78, 5) is 23.4. The first kappa shape index (κ1) is 18.5. The smallest absolute Gasteiger partial charge is 0.344 e. The van der Waals surface area contributed by atoms with Crippen LogP contribution in [0.1, 0.15) is 24.0 Å².